The molecule has 0 radical (unpaired) electrons. The molecule has 0 fully saturated rings. The molecule has 5 heteroatoms. The van der Waals surface area contributed by atoms with Gasteiger partial charge in [-0.1, -0.05) is 26.7 Å². The molecule has 0 aromatic carbocycles. The Morgan fingerprint density at radius 2 is 2.54 bits per heavy atom. The van der Waals surface area contributed by atoms with Crippen LogP contribution in [0.5, 0.6) is 0 Å². The number of thiol groups is 1. The lowest BCUT2D eigenvalue weighted by molar-refractivity contribution is -0.133. The zero-order chi connectivity index (χ0) is 9.84. The van der Waals surface area contributed by atoms with Gasteiger partial charge in [0.05, 0.1) is 11.0 Å². The molecular formula is C8H15NO2S2. The van der Waals surface area contributed by atoms with Crippen LogP contribution in [0.1, 0.15) is 26.7 Å². The molecule has 1 aliphatic heterocycles. The van der Waals surface area contributed by atoms with E-state index in [1.165, 1.54) is 0 Å². The van der Waals surface area contributed by atoms with Gasteiger partial charge in [0, 0.05) is 13.0 Å². The van der Waals surface area contributed by atoms with Gasteiger partial charge in [-0.2, -0.15) is 3.71 Å². The molecule has 0 saturated carbocycles. The molecule has 1 heterocycles. The van der Waals surface area contributed by atoms with Crippen LogP contribution in [0.4, 0.5) is 0 Å². The van der Waals surface area contributed by atoms with Crippen LogP contribution in [0.15, 0.2) is 0 Å². The average molecular weight is 221 g/mol. The molecule has 0 aromatic heterocycles. The second-order valence-corrected chi connectivity index (χ2v) is 5.32. The monoisotopic (exact) mass is 221 g/mol. The Balaban J connectivity index is 2.44. The summed E-state index contributed by atoms with van der Waals surface area (Å²) in [5.41, 5.74) is 0. The second-order valence-electron chi connectivity index (χ2n) is 3.13. The first-order valence-corrected chi connectivity index (χ1v) is 5.96. The summed E-state index contributed by atoms with van der Waals surface area (Å²) in [7, 11) is -0.511. The maximum absolute atomic E-state index is 11.2. The molecule has 0 saturated heterocycles. The molecule has 0 amide bonds. The maximum atomic E-state index is 11.2. The van der Waals surface area contributed by atoms with E-state index in [0.29, 0.717) is 12.3 Å². The summed E-state index contributed by atoms with van der Waals surface area (Å²) >= 11 is 4.23. The second kappa shape index (κ2) is 5.02. The molecule has 0 N–H and O–H groups in total. The highest BCUT2D eigenvalue weighted by molar-refractivity contribution is 8.15. The predicted octanol–water partition coefficient (Wildman–Crippen LogP) is 2.03. The van der Waals surface area contributed by atoms with Gasteiger partial charge in [-0.15, -0.1) is 0 Å². The van der Waals surface area contributed by atoms with Crippen LogP contribution in [0.3, 0.4) is 0 Å². The van der Waals surface area contributed by atoms with Crippen LogP contribution in [0, 0.1) is 5.92 Å². The van der Waals surface area contributed by atoms with Crippen LogP contribution in [-0.4, -0.2) is 21.6 Å². The highest BCUT2D eigenvalue weighted by Gasteiger charge is 2.20. The van der Waals surface area contributed by atoms with E-state index in [-0.39, 0.29) is 5.97 Å². The van der Waals surface area contributed by atoms with Gasteiger partial charge in [-0.25, -0.2) is 0 Å². The fourth-order valence-corrected chi connectivity index (χ4v) is 2.99. The van der Waals surface area contributed by atoms with Gasteiger partial charge in [0.25, 0.3) is 0 Å². The van der Waals surface area contributed by atoms with Crippen LogP contribution in [0.2, 0.25) is 0 Å². The van der Waals surface area contributed by atoms with Crippen molar-refractivity contribution in [2.75, 3.05) is 6.54 Å². The minimum atomic E-state index is -0.511. The molecule has 2 atom stereocenters. The number of carbonyl (C=O) groups is 1. The quantitative estimate of drug-likeness (QED) is 0.584. The molecule has 0 spiro atoms. The minimum absolute atomic E-state index is 0.129. The summed E-state index contributed by atoms with van der Waals surface area (Å²) in [6, 6.07) is 0. The third kappa shape index (κ3) is 3.32. The van der Waals surface area contributed by atoms with Gasteiger partial charge in [-0.05, 0) is 17.7 Å². The Morgan fingerprint density at radius 1 is 1.85 bits per heavy atom. The zero-order valence-electron chi connectivity index (χ0n) is 7.90. The van der Waals surface area contributed by atoms with E-state index in [4.69, 9.17) is 4.18 Å². The molecular weight excluding hydrogens is 206 g/mol. The number of nitrogens with zero attached hydrogens (tertiary/aromatic N) is 1. The first-order valence-electron chi connectivity index (χ1n) is 4.39. The Labute approximate surface area is 87.3 Å². The van der Waals surface area contributed by atoms with Gasteiger partial charge in [0.2, 0.25) is 0 Å². The minimum Gasteiger partial charge on any atom is -0.384 e. The van der Waals surface area contributed by atoms with Crippen LogP contribution in [0.25, 0.3) is 0 Å². The smallest absolute Gasteiger partial charge is 0.318 e. The summed E-state index contributed by atoms with van der Waals surface area (Å²) in [6.07, 6.45) is 1.32. The van der Waals surface area contributed by atoms with Crippen LogP contribution in [-0.2, 0) is 8.98 Å². The summed E-state index contributed by atoms with van der Waals surface area (Å²) in [5.74, 6) is 0.325. The lowest BCUT2D eigenvalue weighted by atomic mass is 10.2. The van der Waals surface area contributed by atoms with E-state index < -0.39 is 11.0 Å². The van der Waals surface area contributed by atoms with E-state index >= 15 is 0 Å². The molecule has 0 aromatic rings. The first-order chi connectivity index (χ1) is 6.13. The highest BCUT2D eigenvalue weighted by Crippen LogP contribution is 2.31. The summed E-state index contributed by atoms with van der Waals surface area (Å²) in [4.78, 5) is 11.2. The molecule has 76 valence electrons. The van der Waals surface area contributed by atoms with Crippen LogP contribution >= 0.6 is 23.8 Å². The molecule has 0 aliphatic carbocycles. The molecule has 2 unspecified atom stereocenters. The third-order valence-corrected chi connectivity index (χ3v) is 3.90. The van der Waals surface area contributed by atoms with Gasteiger partial charge in [0.15, 0.2) is 0 Å². The van der Waals surface area contributed by atoms with Crippen LogP contribution < -0.4 is 0 Å². The predicted molar refractivity (Wildman–Crippen MR) is 59.5 cm³/mol. The Morgan fingerprint density at radius 3 is 3.00 bits per heavy atom. The fraction of sp³-hybridized carbons (Fsp3) is 0.750. The SMILES string of the molecule is CCCC(=O)OS1=CC(C)CN1S. The lowest BCUT2D eigenvalue weighted by Crippen LogP contribution is -2.08. The fourth-order valence-electron chi connectivity index (χ4n) is 1.04. The van der Waals surface area contributed by atoms with Gasteiger partial charge >= 0.3 is 5.97 Å². The molecule has 1 rings (SSSR count). The molecule has 3 nitrogen and oxygen atoms in total. The number of hydrogen-bond donors (Lipinski definition) is 1. The normalized spacial score (nSPS) is 28.5. The molecule has 1 aliphatic rings. The number of rotatable bonds is 3. The first kappa shape index (κ1) is 11.1. The van der Waals surface area contributed by atoms with Crippen molar-refractivity contribution < 1.29 is 8.98 Å². The van der Waals surface area contributed by atoms with Crippen molar-refractivity contribution in [1.82, 2.24) is 3.71 Å². The topological polar surface area (TPSA) is 29.5 Å². The van der Waals surface area contributed by atoms with Gasteiger partial charge in [-0.3, -0.25) is 4.79 Å². The van der Waals surface area contributed by atoms with Crippen molar-refractivity contribution in [1.29, 1.82) is 0 Å². The molecule has 13 heavy (non-hydrogen) atoms. The summed E-state index contributed by atoms with van der Waals surface area (Å²) < 4.78 is 6.99. The Bertz CT molecular complexity index is 230. The highest BCUT2D eigenvalue weighted by atomic mass is 32.2. The Kier molecular flexibility index (Phi) is 4.28. The van der Waals surface area contributed by atoms with Gasteiger partial charge in [0.1, 0.15) is 0 Å². The lowest BCUT2D eigenvalue weighted by Gasteiger charge is -2.12. The van der Waals surface area contributed by atoms with Crippen molar-refractivity contribution in [2.24, 2.45) is 5.92 Å². The van der Waals surface area contributed by atoms with E-state index in [0.717, 1.165) is 13.0 Å². The van der Waals surface area contributed by atoms with E-state index in [1.807, 2.05) is 12.3 Å². The van der Waals surface area contributed by atoms with Crippen molar-refractivity contribution >= 4 is 35.1 Å². The molecule has 0 bridgehead atoms. The van der Waals surface area contributed by atoms with Crippen molar-refractivity contribution in [3.8, 4) is 0 Å². The van der Waals surface area contributed by atoms with Crippen molar-refractivity contribution in [3.63, 3.8) is 0 Å². The number of hydrogen-bond acceptors (Lipinski definition) is 4. The van der Waals surface area contributed by atoms with E-state index in [1.54, 1.807) is 3.71 Å². The Hall–Kier alpha value is -0.0000000000000000555. The number of carbonyl (C=O) groups excluding carboxylic acids is 1. The standard InChI is InChI=1S/C8H15NO2S2/c1-3-4-8(10)11-13-6-7(2)5-9(13)12/h6-7,12H,3-5H2,1-2H3. The summed E-state index contributed by atoms with van der Waals surface area (Å²) in [6.45, 7) is 4.90. The summed E-state index contributed by atoms with van der Waals surface area (Å²) in [5, 5.41) is 2.03. The van der Waals surface area contributed by atoms with Gasteiger partial charge < -0.3 is 4.18 Å². The van der Waals surface area contributed by atoms with Crippen molar-refractivity contribution in [3.05, 3.63) is 0 Å². The maximum Gasteiger partial charge on any atom is 0.318 e. The zero-order valence-corrected chi connectivity index (χ0v) is 9.61. The van der Waals surface area contributed by atoms with E-state index in [2.05, 4.69) is 19.7 Å². The van der Waals surface area contributed by atoms with Crippen molar-refractivity contribution in [2.45, 2.75) is 26.7 Å². The third-order valence-electron chi connectivity index (χ3n) is 1.63. The average Bonchev–Trinajstić information content (AvgIpc) is 2.30. The largest absolute Gasteiger partial charge is 0.384 e. The van der Waals surface area contributed by atoms with E-state index in [9.17, 15) is 4.79 Å².